The fourth-order valence-corrected chi connectivity index (χ4v) is 4.03. The molecule has 0 aliphatic heterocycles. The molecule has 5 N–H and O–H groups in total. The zero-order valence-electron chi connectivity index (χ0n) is 18.0. The minimum absolute atomic E-state index is 0.0977. The van der Waals surface area contributed by atoms with E-state index in [4.69, 9.17) is 16.2 Å². The van der Waals surface area contributed by atoms with Crippen molar-refractivity contribution in [2.45, 2.75) is 31.7 Å². The summed E-state index contributed by atoms with van der Waals surface area (Å²) in [6, 6.07) is 8.11. The number of hydrogen-bond acceptors (Lipinski definition) is 6. The van der Waals surface area contributed by atoms with Crippen LogP contribution in [0.4, 0.5) is 10.1 Å². The molecule has 0 unspecified atom stereocenters. The molecule has 2 fully saturated rings. The van der Waals surface area contributed by atoms with E-state index < -0.39 is 29.0 Å². The Labute approximate surface area is 193 Å². The van der Waals surface area contributed by atoms with Crippen molar-refractivity contribution < 1.29 is 28.6 Å². The highest BCUT2D eigenvalue weighted by Crippen LogP contribution is 2.49. The van der Waals surface area contributed by atoms with E-state index in [-0.39, 0.29) is 28.9 Å². The lowest BCUT2D eigenvalue weighted by atomic mass is 10.0. The number of nitrogens with two attached hydrogens (primary N) is 2. The third kappa shape index (κ3) is 3.57. The van der Waals surface area contributed by atoms with Gasteiger partial charge in [0.05, 0.1) is 11.1 Å². The van der Waals surface area contributed by atoms with E-state index in [0.717, 1.165) is 12.8 Å². The van der Waals surface area contributed by atoms with Crippen molar-refractivity contribution in [3.8, 4) is 17.2 Å². The summed E-state index contributed by atoms with van der Waals surface area (Å²) in [6.45, 7) is 0. The maximum absolute atomic E-state index is 15.1. The number of carbonyl (C=O) groups excluding carboxylic acids is 3. The van der Waals surface area contributed by atoms with Crippen LogP contribution in [0.25, 0.3) is 10.9 Å². The van der Waals surface area contributed by atoms with Crippen LogP contribution in [0.1, 0.15) is 36.0 Å². The normalized spacial score (nSPS) is 16.1. The zero-order chi connectivity index (χ0) is 24.2. The number of aromatic nitrogens is 1. The SMILES string of the molecule is NC(=O)c1cc2c(Oc3ccc(N(C(=O)C4(C(N)=O)CC4)C4CC4)cc3F)ccnc2cc1O. The first-order chi connectivity index (χ1) is 16.2. The Balaban J connectivity index is 1.47. The summed E-state index contributed by atoms with van der Waals surface area (Å²) in [5.74, 6) is -2.86. The quantitative estimate of drug-likeness (QED) is 0.458. The van der Waals surface area contributed by atoms with Crippen molar-refractivity contribution in [3.05, 3.63) is 54.0 Å². The Bertz CT molecular complexity index is 1370. The van der Waals surface area contributed by atoms with Gasteiger partial charge in [-0.2, -0.15) is 0 Å². The average Bonchev–Trinajstić information content (AvgIpc) is 3.69. The molecule has 3 amide bonds. The second-order valence-corrected chi connectivity index (χ2v) is 8.63. The molecule has 3 aromatic rings. The predicted octanol–water partition coefficient (Wildman–Crippen LogP) is 2.73. The van der Waals surface area contributed by atoms with Gasteiger partial charge in [-0.15, -0.1) is 0 Å². The van der Waals surface area contributed by atoms with Crippen molar-refractivity contribution in [2.75, 3.05) is 4.90 Å². The molecule has 0 radical (unpaired) electrons. The summed E-state index contributed by atoms with van der Waals surface area (Å²) in [5.41, 5.74) is 10.1. The Hall–Kier alpha value is -4.21. The van der Waals surface area contributed by atoms with E-state index >= 15 is 4.39 Å². The summed E-state index contributed by atoms with van der Waals surface area (Å²) in [5, 5.41) is 10.3. The molecule has 10 heteroatoms. The average molecular weight is 464 g/mol. The highest BCUT2D eigenvalue weighted by atomic mass is 19.1. The third-order valence-corrected chi connectivity index (χ3v) is 6.26. The molecule has 0 atom stereocenters. The van der Waals surface area contributed by atoms with E-state index in [0.29, 0.717) is 29.4 Å². The number of halogens is 1. The Morgan fingerprint density at radius 3 is 2.41 bits per heavy atom. The van der Waals surface area contributed by atoms with Gasteiger partial charge < -0.3 is 26.2 Å². The fourth-order valence-electron chi connectivity index (χ4n) is 4.03. The minimum atomic E-state index is -1.20. The van der Waals surface area contributed by atoms with Gasteiger partial charge in [0, 0.05) is 35.4 Å². The first-order valence-electron chi connectivity index (χ1n) is 10.7. The number of pyridine rings is 1. The second-order valence-electron chi connectivity index (χ2n) is 8.63. The lowest BCUT2D eigenvalue weighted by Crippen LogP contribution is -2.44. The summed E-state index contributed by atoms with van der Waals surface area (Å²) in [4.78, 5) is 42.2. The van der Waals surface area contributed by atoms with Gasteiger partial charge in [0.25, 0.3) is 5.91 Å². The summed E-state index contributed by atoms with van der Waals surface area (Å²) in [6.07, 6.45) is 3.73. The Morgan fingerprint density at radius 1 is 1.09 bits per heavy atom. The van der Waals surface area contributed by atoms with E-state index in [1.54, 1.807) is 6.07 Å². The molecule has 2 saturated carbocycles. The van der Waals surface area contributed by atoms with Crippen LogP contribution in [0.5, 0.6) is 17.2 Å². The fraction of sp³-hybridized carbons (Fsp3) is 0.250. The van der Waals surface area contributed by atoms with E-state index in [1.165, 1.54) is 41.4 Å². The summed E-state index contributed by atoms with van der Waals surface area (Å²) >= 11 is 0. The molecule has 0 bridgehead atoms. The van der Waals surface area contributed by atoms with E-state index in [2.05, 4.69) is 4.98 Å². The number of benzene rings is 2. The molecule has 174 valence electrons. The van der Waals surface area contributed by atoms with Crippen LogP contribution in [-0.2, 0) is 9.59 Å². The molecule has 1 aromatic heterocycles. The second kappa shape index (κ2) is 7.68. The lowest BCUT2D eigenvalue weighted by Gasteiger charge is -2.26. The number of carbonyl (C=O) groups is 3. The van der Waals surface area contributed by atoms with E-state index in [1.807, 2.05) is 0 Å². The molecule has 2 aliphatic carbocycles. The van der Waals surface area contributed by atoms with Gasteiger partial charge in [-0.3, -0.25) is 19.4 Å². The number of amides is 3. The van der Waals surface area contributed by atoms with Crippen molar-refractivity contribution in [1.29, 1.82) is 0 Å². The number of phenols is 1. The molecule has 0 saturated heterocycles. The van der Waals surface area contributed by atoms with Gasteiger partial charge >= 0.3 is 0 Å². The van der Waals surface area contributed by atoms with Crippen LogP contribution in [0, 0.1) is 11.2 Å². The topological polar surface area (TPSA) is 149 Å². The Morgan fingerprint density at radius 2 is 1.82 bits per heavy atom. The lowest BCUT2D eigenvalue weighted by molar-refractivity contribution is -0.133. The molecule has 2 aliphatic rings. The molecule has 34 heavy (non-hydrogen) atoms. The summed E-state index contributed by atoms with van der Waals surface area (Å²) in [7, 11) is 0. The number of aromatic hydroxyl groups is 1. The van der Waals surface area contributed by atoms with Crippen LogP contribution in [0.3, 0.4) is 0 Å². The van der Waals surface area contributed by atoms with Crippen molar-refractivity contribution >= 4 is 34.3 Å². The first-order valence-corrected chi connectivity index (χ1v) is 10.7. The highest BCUT2D eigenvalue weighted by Gasteiger charge is 2.58. The van der Waals surface area contributed by atoms with Gasteiger partial charge in [0.2, 0.25) is 11.8 Å². The van der Waals surface area contributed by atoms with Crippen molar-refractivity contribution in [2.24, 2.45) is 16.9 Å². The number of rotatable bonds is 7. The van der Waals surface area contributed by atoms with Crippen LogP contribution in [0.15, 0.2) is 42.6 Å². The number of hydrogen-bond donors (Lipinski definition) is 3. The van der Waals surface area contributed by atoms with Gasteiger partial charge in [-0.25, -0.2) is 4.39 Å². The maximum atomic E-state index is 15.1. The molecule has 9 nitrogen and oxygen atoms in total. The zero-order valence-corrected chi connectivity index (χ0v) is 18.0. The highest BCUT2D eigenvalue weighted by molar-refractivity contribution is 6.14. The Kier molecular flexibility index (Phi) is 4.89. The first kappa shape index (κ1) is 21.6. The van der Waals surface area contributed by atoms with Gasteiger partial charge in [-0.05, 0) is 49.9 Å². The van der Waals surface area contributed by atoms with Gasteiger partial charge in [0.15, 0.2) is 11.6 Å². The molecule has 2 aromatic carbocycles. The largest absolute Gasteiger partial charge is 0.507 e. The monoisotopic (exact) mass is 464 g/mol. The number of ether oxygens (including phenoxy) is 1. The maximum Gasteiger partial charge on any atom is 0.252 e. The van der Waals surface area contributed by atoms with Crippen LogP contribution < -0.4 is 21.1 Å². The number of anilines is 1. The third-order valence-electron chi connectivity index (χ3n) is 6.26. The number of nitrogens with zero attached hydrogens (tertiary/aromatic N) is 2. The molecular weight excluding hydrogens is 443 g/mol. The summed E-state index contributed by atoms with van der Waals surface area (Å²) < 4.78 is 20.9. The smallest absolute Gasteiger partial charge is 0.252 e. The molecule has 0 spiro atoms. The van der Waals surface area contributed by atoms with Crippen LogP contribution >= 0.6 is 0 Å². The van der Waals surface area contributed by atoms with Crippen LogP contribution in [-0.4, -0.2) is 33.9 Å². The van der Waals surface area contributed by atoms with Gasteiger partial charge in [-0.1, -0.05) is 0 Å². The van der Waals surface area contributed by atoms with Crippen LogP contribution in [0.2, 0.25) is 0 Å². The standard InChI is InChI=1S/C24H21FN4O5/c25-16-9-13(29(12-1-2-12)23(33)24(6-7-24)22(27)32)3-4-20(16)34-19-5-8-28-17-11-18(30)15(21(26)31)10-14(17)19/h3-5,8-12,30H,1-2,6-7H2,(H2,26,31)(H2,27,32). The minimum Gasteiger partial charge on any atom is -0.507 e. The number of primary amides is 2. The molecule has 1 heterocycles. The van der Waals surface area contributed by atoms with E-state index in [9.17, 15) is 19.5 Å². The predicted molar refractivity (Wildman–Crippen MR) is 120 cm³/mol. The molecular formula is C24H21FN4O5. The van der Waals surface area contributed by atoms with Crippen molar-refractivity contribution in [3.63, 3.8) is 0 Å². The molecule has 5 rings (SSSR count). The number of fused-ring (bicyclic) bond motifs is 1. The van der Waals surface area contributed by atoms with Gasteiger partial charge in [0.1, 0.15) is 16.9 Å². The van der Waals surface area contributed by atoms with Crippen molar-refractivity contribution in [1.82, 2.24) is 4.98 Å².